The molecule has 0 bridgehead atoms. The molecule has 0 unspecified atom stereocenters. The van der Waals surface area contributed by atoms with E-state index in [9.17, 15) is 4.79 Å². The lowest BCUT2D eigenvalue weighted by Crippen LogP contribution is -2.46. The number of allylic oxidation sites excluding steroid dienone is 2. The van der Waals surface area contributed by atoms with Crippen LogP contribution in [0.2, 0.25) is 0 Å². The molecule has 2 aliphatic rings. The number of rotatable bonds is 7. The Morgan fingerprint density at radius 3 is 2.70 bits per heavy atom. The maximum Gasteiger partial charge on any atom is 0.214 e. The first-order valence-corrected chi connectivity index (χ1v) is 12.4. The van der Waals surface area contributed by atoms with E-state index in [4.69, 9.17) is 10.1 Å². The molecule has 8 nitrogen and oxygen atoms in total. The predicted molar refractivity (Wildman–Crippen MR) is 133 cm³/mol. The molecule has 1 saturated heterocycles. The Kier molecular flexibility index (Phi) is 6.90. The highest BCUT2D eigenvalue weighted by molar-refractivity contribution is 7.09. The van der Waals surface area contributed by atoms with E-state index in [0.29, 0.717) is 34.7 Å². The minimum Gasteiger partial charge on any atom is -0.289 e. The Hall–Kier alpha value is -2.65. The normalized spacial score (nSPS) is 20.6. The number of anilines is 1. The molecule has 1 fully saturated rings. The summed E-state index contributed by atoms with van der Waals surface area (Å²) in [4.78, 5) is 26.7. The van der Waals surface area contributed by atoms with Crippen molar-refractivity contribution in [1.82, 2.24) is 24.0 Å². The van der Waals surface area contributed by atoms with Gasteiger partial charge in [-0.2, -0.15) is 9.47 Å². The molecular weight excluding hydrogens is 434 g/mol. The van der Waals surface area contributed by atoms with Gasteiger partial charge in [0.05, 0.1) is 17.9 Å². The summed E-state index contributed by atoms with van der Waals surface area (Å²) in [7, 11) is 0. The standard InChI is InChI=1S/C24H33N7OS/c1-7-8-31-17(5)9-20(28-31)19-11-29(12-19)14-26-23-21(18(6)15(2)3)22(32)16(4)10-30(23)24-25-13-27-33-24/h9-10,13,15,19H,7-8,11-12,14H2,1-6H3/b21-18-,26-23?. The van der Waals surface area contributed by atoms with Crippen LogP contribution < -0.4 is 4.90 Å². The van der Waals surface area contributed by atoms with E-state index in [0.717, 1.165) is 31.6 Å². The zero-order valence-electron chi connectivity index (χ0n) is 20.4. The molecule has 0 N–H and O–H groups in total. The van der Waals surface area contributed by atoms with Crippen molar-refractivity contribution in [2.75, 3.05) is 24.7 Å². The van der Waals surface area contributed by atoms with Gasteiger partial charge in [0.25, 0.3) is 0 Å². The summed E-state index contributed by atoms with van der Waals surface area (Å²) >= 11 is 1.30. The number of aliphatic imine (C=N–C) groups is 1. The Morgan fingerprint density at radius 2 is 2.06 bits per heavy atom. The highest BCUT2D eigenvalue weighted by Gasteiger charge is 2.34. The van der Waals surface area contributed by atoms with E-state index in [1.54, 1.807) is 0 Å². The SMILES string of the molecule is CCCn1nc(C2CN(CN=C3/C(=C(/C)C(C)C)C(=O)C(C)=CN3c3ncns3)C2)cc1C. The fourth-order valence-electron chi connectivity index (χ4n) is 4.16. The third kappa shape index (κ3) is 4.70. The Morgan fingerprint density at radius 1 is 1.30 bits per heavy atom. The van der Waals surface area contributed by atoms with Crippen LogP contribution in [-0.2, 0) is 11.3 Å². The molecular formula is C24H33N7OS. The predicted octanol–water partition coefficient (Wildman–Crippen LogP) is 4.17. The Labute approximate surface area is 199 Å². The van der Waals surface area contributed by atoms with Crippen LogP contribution in [0.15, 0.2) is 40.3 Å². The fourth-order valence-corrected chi connectivity index (χ4v) is 4.67. The zero-order valence-corrected chi connectivity index (χ0v) is 21.2. The molecule has 0 aromatic carbocycles. The number of hydrogen-bond donors (Lipinski definition) is 0. The molecule has 0 spiro atoms. The first-order valence-electron chi connectivity index (χ1n) is 11.6. The van der Waals surface area contributed by atoms with E-state index in [1.807, 2.05) is 24.9 Å². The van der Waals surface area contributed by atoms with Crippen LogP contribution in [-0.4, -0.2) is 55.4 Å². The largest absolute Gasteiger partial charge is 0.289 e. The summed E-state index contributed by atoms with van der Waals surface area (Å²) in [6.45, 7) is 15.7. The van der Waals surface area contributed by atoms with Crippen LogP contribution in [0.25, 0.3) is 0 Å². The molecule has 0 atom stereocenters. The lowest BCUT2D eigenvalue weighted by molar-refractivity contribution is -0.111. The summed E-state index contributed by atoms with van der Waals surface area (Å²) in [5.41, 5.74) is 4.80. The van der Waals surface area contributed by atoms with E-state index in [1.165, 1.54) is 29.2 Å². The number of likely N-dealkylation sites (tertiary alicyclic amines) is 1. The van der Waals surface area contributed by atoms with Crippen LogP contribution in [0.4, 0.5) is 5.13 Å². The quantitative estimate of drug-likeness (QED) is 0.569. The summed E-state index contributed by atoms with van der Waals surface area (Å²) in [5.74, 6) is 1.38. The molecule has 176 valence electrons. The van der Waals surface area contributed by atoms with Gasteiger partial charge in [-0.1, -0.05) is 26.3 Å². The summed E-state index contributed by atoms with van der Waals surface area (Å²) in [5, 5.41) is 5.51. The molecule has 9 heteroatoms. The smallest absolute Gasteiger partial charge is 0.214 e. The number of carbonyl (C=O) groups is 1. The van der Waals surface area contributed by atoms with Gasteiger partial charge in [-0.05, 0) is 39.2 Å². The van der Waals surface area contributed by atoms with Gasteiger partial charge >= 0.3 is 0 Å². The van der Waals surface area contributed by atoms with Gasteiger partial charge in [-0.3, -0.25) is 24.3 Å². The van der Waals surface area contributed by atoms with Crippen molar-refractivity contribution in [3.8, 4) is 0 Å². The van der Waals surface area contributed by atoms with Crippen LogP contribution in [0.5, 0.6) is 0 Å². The van der Waals surface area contributed by atoms with Gasteiger partial charge in [0, 0.05) is 54.6 Å². The van der Waals surface area contributed by atoms with Crippen LogP contribution in [0.3, 0.4) is 0 Å². The summed E-state index contributed by atoms with van der Waals surface area (Å²) < 4.78 is 6.26. The number of ketones is 1. The van der Waals surface area contributed by atoms with Crippen LogP contribution in [0.1, 0.15) is 58.3 Å². The van der Waals surface area contributed by atoms with Crippen molar-refractivity contribution in [2.24, 2.45) is 10.9 Å². The minimum absolute atomic E-state index is 0.0409. The maximum absolute atomic E-state index is 13.2. The van der Waals surface area contributed by atoms with E-state index < -0.39 is 0 Å². The van der Waals surface area contributed by atoms with Crippen LogP contribution >= 0.6 is 11.5 Å². The van der Waals surface area contributed by atoms with Gasteiger partial charge in [-0.15, -0.1) is 0 Å². The molecule has 0 aliphatic carbocycles. The van der Waals surface area contributed by atoms with Crippen molar-refractivity contribution in [3.05, 3.63) is 46.7 Å². The number of carbonyl (C=O) groups excluding carboxylic acids is 1. The Bertz CT molecular complexity index is 1100. The van der Waals surface area contributed by atoms with Crippen molar-refractivity contribution < 1.29 is 4.79 Å². The molecule has 4 heterocycles. The minimum atomic E-state index is 0.0409. The maximum atomic E-state index is 13.2. The van der Waals surface area contributed by atoms with Gasteiger partial charge in [0.2, 0.25) is 5.13 Å². The average molecular weight is 468 g/mol. The van der Waals surface area contributed by atoms with Gasteiger partial charge in [0.15, 0.2) is 5.78 Å². The third-order valence-corrected chi connectivity index (χ3v) is 7.07. The topological polar surface area (TPSA) is 79.5 Å². The fraction of sp³-hybridized carbons (Fsp3) is 0.542. The first kappa shape index (κ1) is 23.5. The summed E-state index contributed by atoms with van der Waals surface area (Å²) in [6, 6.07) is 2.21. The lowest BCUT2D eigenvalue weighted by Gasteiger charge is -2.37. The Balaban J connectivity index is 1.56. The second kappa shape index (κ2) is 9.69. The van der Waals surface area contributed by atoms with E-state index >= 15 is 0 Å². The van der Waals surface area contributed by atoms with E-state index in [2.05, 4.69) is 52.7 Å². The number of aryl methyl sites for hydroxylation is 2. The first-order chi connectivity index (χ1) is 15.8. The molecule has 0 saturated carbocycles. The second-order valence-electron chi connectivity index (χ2n) is 9.24. The molecule has 33 heavy (non-hydrogen) atoms. The molecule has 2 aromatic rings. The molecule has 4 rings (SSSR count). The number of nitrogens with zero attached hydrogens (tertiary/aromatic N) is 7. The number of amidine groups is 1. The number of hydrogen-bond acceptors (Lipinski definition) is 7. The molecule has 0 radical (unpaired) electrons. The summed E-state index contributed by atoms with van der Waals surface area (Å²) in [6.07, 6.45) is 4.45. The molecule has 2 aliphatic heterocycles. The lowest BCUT2D eigenvalue weighted by atomic mass is 9.90. The average Bonchev–Trinajstić information content (AvgIpc) is 3.39. The van der Waals surface area contributed by atoms with Crippen molar-refractivity contribution in [1.29, 1.82) is 0 Å². The number of Topliss-reactive ketones (excluding diaryl/α,β-unsaturated/α-hetero) is 1. The second-order valence-corrected chi connectivity index (χ2v) is 10.00. The van der Waals surface area contributed by atoms with Crippen molar-refractivity contribution in [2.45, 2.75) is 60.4 Å². The highest BCUT2D eigenvalue weighted by Crippen LogP contribution is 2.31. The third-order valence-electron chi connectivity index (χ3n) is 6.41. The zero-order chi connectivity index (χ0) is 23.7. The van der Waals surface area contributed by atoms with Gasteiger partial charge < -0.3 is 0 Å². The molecule has 2 aromatic heterocycles. The van der Waals surface area contributed by atoms with Gasteiger partial charge in [0.1, 0.15) is 12.2 Å². The highest BCUT2D eigenvalue weighted by atomic mass is 32.1. The van der Waals surface area contributed by atoms with E-state index in [-0.39, 0.29) is 11.7 Å². The van der Waals surface area contributed by atoms with Gasteiger partial charge in [-0.25, -0.2) is 4.98 Å². The van der Waals surface area contributed by atoms with Crippen LogP contribution in [0, 0.1) is 12.8 Å². The van der Waals surface area contributed by atoms with Crippen molar-refractivity contribution in [3.63, 3.8) is 0 Å². The monoisotopic (exact) mass is 467 g/mol. The number of aromatic nitrogens is 4. The van der Waals surface area contributed by atoms with Crippen molar-refractivity contribution >= 4 is 28.3 Å². The molecule has 0 amide bonds.